The summed E-state index contributed by atoms with van der Waals surface area (Å²) in [6, 6.07) is 0.286. The van der Waals surface area contributed by atoms with Crippen molar-refractivity contribution in [2.75, 3.05) is 26.2 Å². The summed E-state index contributed by atoms with van der Waals surface area (Å²) in [4.78, 5) is 12.8. The largest absolute Gasteiger partial charge is 0.395 e. The summed E-state index contributed by atoms with van der Waals surface area (Å²) in [6.07, 6.45) is 1.000. The van der Waals surface area contributed by atoms with Crippen LogP contribution in [0.1, 0.15) is 27.2 Å². The van der Waals surface area contributed by atoms with Crippen LogP contribution in [0.3, 0.4) is 0 Å². The minimum atomic E-state index is 0.0332. The molecule has 1 saturated heterocycles. The maximum Gasteiger partial charge on any atom is 0.217 e. The lowest BCUT2D eigenvalue weighted by Gasteiger charge is -2.14. The fraction of sp³-hybridized carbons (Fsp3) is 0.900. The quantitative estimate of drug-likeness (QED) is 0.688. The fourth-order valence-corrected chi connectivity index (χ4v) is 1.58. The Morgan fingerprint density at radius 1 is 1.57 bits per heavy atom. The third-order valence-electron chi connectivity index (χ3n) is 2.10. The number of carbonyl (C=O) groups is 1. The van der Waals surface area contributed by atoms with Gasteiger partial charge in [0.2, 0.25) is 5.91 Å². The summed E-state index contributed by atoms with van der Waals surface area (Å²) in [5.74, 6) is 0.0332. The highest BCUT2D eigenvalue weighted by molar-refractivity contribution is 5.73. The van der Waals surface area contributed by atoms with Crippen LogP contribution < -0.4 is 5.32 Å². The highest BCUT2D eigenvalue weighted by Crippen LogP contribution is 2.07. The summed E-state index contributed by atoms with van der Waals surface area (Å²) in [5.41, 5.74) is 0. The number of nitrogens with one attached hydrogen (secondary N) is 1. The van der Waals surface area contributed by atoms with Crippen LogP contribution in [-0.2, 0) is 4.79 Å². The molecule has 1 rings (SSSR count). The van der Waals surface area contributed by atoms with Gasteiger partial charge in [0.1, 0.15) is 0 Å². The topological polar surface area (TPSA) is 52.6 Å². The van der Waals surface area contributed by atoms with E-state index >= 15 is 0 Å². The third-order valence-corrected chi connectivity index (χ3v) is 2.10. The van der Waals surface area contributed by atoms with E-state index in [0.29, 0.717) is 0 Å². The highest BCUT2D eigenvalue weighted by atomic mass is 16.3. The molecule has 14 heavy (non-hydrogen) atoms. The van der Waals surface area contributed by atoms with Crippen LogP contribution in [0.4, 0.5) is 0 Å². The molecule has 2 N–H and O–H groups in total. The zero-order chi connectivity index (χ0) is 11.0. The Hall–Kier alpha value is -0.610. The van der Waals surface area contributed by atoms with E-state index in [4.69, 9.17) is 5.11 Å². The number of aliphatic hydroxyl groups excluding tert-OH is 1. The first kappa shape index (κ1) is 13.4. The smallest absolute Gasteiger partial charge is 0.217 e. The van der Waals surface area contributed by atoms with Crippen LogP contribution >= 0.6 is 0 Å². The van der Waals surface area contributed by atoms with Crippen molar-refractivity contribution in [2.24, 2.45) is 0 Å². The van der Waals surface area contributed by atoms with Crippen LogP contribution in [0.5, 0.6) is 0 Å². The Morgan fingerprint density at radius 3 is 2.71 bits per heavy atom. The lowest BCUT2D eigenvalue weighted by Crippen LogP contribution is -2.36. The Morgan fingerprint density at radius 2 is 2.21 bits per heavy atom. The normalized spacial score (nSPS) is 21.3. The Balaban J connectivity index is 0.000000791. The van der Waals surface area contributed by atoms with Crippen molar-refractivity contribution >= 4 is 5.91 Å². The minimum Gasteiger partial charge on any atom is -0.395 e. The van der Waals surface area contributed by atoms with Gasteiger partial charge in [-0.3, -0.25) is 9.69 Å². The highest BCUT2D eigenvalue weighted by Gasteiger charge is 2.21. The van der Waals surface area contributed by atoms with E-state index in [1.807, 2.05) is 13.8 Å². The molecule has 0 aliphatic carbocycles. The SMILES string of the molecule is CC.CC(=O)NC1CCN(CCO)C1. The molecule has 1 unspecified atom stereocenters. The number of β-amino-alcohol motifs (C(OH)–C–C–N with tert-alkyl or cyclic N) is 1. The Kier molecular flexibility index (Phi) is 7.42. The van der Waals surface area contributed by atoms with Crippen LogP contribution in [0.25, 0.3) is 0 Å². The molecule has 0 aromatic carbocycles. The molecule has 0 bridgehead atoms. The van der Waals surface area contributed by atoms with Gasteiger partial charge in [0.05, 0.1) is 6.61 Å². The molecule has 0 aromatic rings. The van der Waals surface area contributed by atoms with E-state index in [2.05, 4.69) is 10.2 Å². The van der Waals surface area contributed by atoms with Crippen molar-refractivity contribution in [1.82, 2.24) is 10.2 Å². The van der Waals surface area contributed by atoms with Gasteiger partial charge in [-0.25, -0.2) is 0 Å². The number of hydrogen-bond acceptors (Lipinski definition) is 3. The zero-order valence-electron chi connectivity index (χ0n) is 9.42. The molecule has 0 saturated carbocycles. The summed E-state index contributed by atoms with van der Waals surface area (Å²) >= 11 is 0. The zero-order valence-corrected chi connectivity index (χ0v) is 9.42. The predicted molar refractivity (Wildman–Crippen MR) is 57.1 cm³/mol. The first-order chi connectivity index (χ1) is 6.72. The second kappa shape index (κ2) is 7.76. The molecule has 4 nitrogen and oxygen atoms in total. The van der Waals surface area contributed by atoms with E-state index in [9.17, 15) is 4.79 Å². The average Bonchev–Trinajstić information content (AvgIpc) is 2.56. The summed E-state index contributed by atoms with van der Waals surface area (Å²) in [6.45, 7) is 8.31. The van der Waals surface area contributed by atoms with Crippen LogP contribution in [-0.4, -0.2) is 48.2 Å². The van der Waals surface area contributed by atoms with Gasteiger partial charge in [-0.05, 0) is 6.42 Å². The maximum atomic E-state index is 10.7. The van der Waals surface area contributed by atoms with Crippen LogP contribution in [0, 0.1) is 0 Å². The van der Waals surface area contributed by atoms with Gasteiger partial charge in [0.15, 0.2) is 0 Å². The molecule has 4 heteroatoms. The van der Waals surface area contributed by atoms with E-state index in [0.717, 1.165) is 26.1 Å². The number of rotatable bonds is 3. The van der Waals surface area contributed by atoms with E-state index in [1.54, 1.807) is 0 Å². The second-order valence-corrected chi connectivity index (χ2v) is 3.21. The second-order valence-electron chi connectivity index (χ2n) is 3.21. The van der Waals surface area contributed by atoms with Crippen molar-refractivity contribution in [1.29, 1.82) is 0 Å². The molecular formula is C10H22N2O2. The van der Waals surface area contributed by atoms with Crippen molar-refractivity contribution in [3.05, 3.63) is 0 Å². The number of nitrogens with zero attached hydrogens (tertiary/aromatic N) is 1. The summed E-state index contributed by atoms with van der Waals surface area (Å²) in [7, 11) is 0. The van der Waals surface area contributed by atoms with Crippen molar-refractivity contribution in [2.45, 2.75) is 33.2 Å². The molecule has 0 spiro atoms. The Labute approximate surface area is 86.3 Å². The minimum absolute atomic E-state index is 0.0332. The van der Waals surface area contributed by atoms with Gasteiger partial charge in [-0.1, -0.05) is 13.8 Å². The van der Waals surface area contributed by atoms with E-state index in [-0.39, 0.29) is 18.6 Å². The van der Waals surface area contributed by atoms with Crippen LogP contribution in [0.2, 0.25) is 0 Å². The van der Waals surface area contributed by atoms with Crippen LogP contribution in [0.15, 0.2) is 0 Å². The molecule has 1 amide bonds. The number of aliphatic hydroxyl groups is 1. The van der Waals surface area contributed by atoms with Gasteiger partial charge in [0.25, 0.3) is 0 Å². The Bertz CT molecular complexity index is 162. The summed E-state index contributed by atoms with van der Waals surface area (Å²) in [5, 5.41) is 11.5. The fourth-order valence-electron chi connectivity index (χ4n) is 1.58. The lowest BCUT2D eigenvalue weighted by atomic mass is 10.3. The number of amides is 1. The lowest BCUT2D eigenvalue weighted by molar-refractivity contribution is -0.119. The molecule has 1 atom stereocenters. The van der Waals surface area contributed by atoms with E-state index in [1.165, 1.54) is 6.92 Å². The number of hydrogen-bond donors (Lipinski definition) is 2. The first-order valence-electron chi connectivity index (χ1n) is 5.32. The molecule has 1 aliphatic heterocycles. The average molecular weight is 202 g/mol. The van der Waals surface area contributed by atoms with Gasteiger partial charge in [-0.15, -0.1) is 0 Å². The van der Waals surface area contributed by atoms with E-state index < -0.39 is 0 Å². The summed E-state index contributed by atoms with van der Waals surface area (Å²) < 4.78 is 0. The van der Waals surface area contributed by atoms with Crippen molar-refractivity contribution in [3.63, 3.8) is 0 Å². The number of likely N-dealkylation sites (tertiary alicyclic amines) is 1. The van der Waals surface area contributed by atoms with Gasteiger partial charge < -0.3 is 10.4 Å². The molecule has 0 aromatic heterocycles. The first-order valence-corrected chi connectivity index (χ1v) is 5.32. The number of carbonyl (C=O) groups excluding carboxylic acids is 1. The molecule has 84 valence electrons. The van der Waals surface area contributed by atoms with Crippen molar-refractivity contribution in [3.8, 4) is 0 Å². The standard InChI is InChI=1S/C8H16N2O2.C2H6/c1-7(12)9-8-2-3-10(6-8)4-5-11;1-2/h8,11H,2-6H2,1H3,(H,9,12);1-2H3. The maximum absolute atomic E-state index is 10.7. The van der Waals surface area contributed by atoms with Gasteiger partial charge in [0, 0.05) is 32.6 Å². The van der Waals surface area contributed by atoms with Gasteiger partial charge in [-0.2, -0.15) is 0 Å². The third kappa shape index (κ3) is 5.19. The monoisotopic (exact) mass is 202 g/mol. The predicted octanol–water partition coefficient (Wildman–Crippen LogP) is 0.215. The molecule has 0 radical (unpaired) electrons. The molecule has 1 heterocycles. The molecular weight excluding hydrogens is 180 g/mol. The van der Waals surface area contributed by atoms with Gasteiger partial charge >= 0.3 is 0 Å². The van der Waals surface area contributed by atoms with Crippen molar-refractivity contribution < 1.29 is 9.90 Å². The molecule has 1 aliphatic rings. The molecule has 1 fully saturated rings.